The minimum atomic E-state index is 0.0718. The standard InChI is InChI=1S/C21H25IN2O2/c1-2-3-12-24(21(25)19-6-4-5-7-20(19)22)18-10-8-17(9-11-18)23-13-15-26-16-14-23/h4-11H,2-3,12-16H2,1H3. The van der Waals surface area contributed by atoms with E-state index in [0.717, 1.165) is 60.5 Å². The van der Waals surface area contributed by atoms with Crippen molar-refractivity contribution in [3.63, 3.8) is 0 Å². The lowest BCUT2D eigenvalue weighted by Crippen LogP contribution is -2.36. The van der Waals surface area contributed by atoms with Crippen LogP contribution in [-0.2, 0) is 4.74 Å². The molecule has 3 rings (SSSR count). The number of anilines is 2. The number of ether oxygens (including phenoxy) is 1. The molecule has 1 amide bonds. The van der Waals surface area contributed by atoms with Gasteiger partial charge in [0.2, 0.25) is 0 Å². The molecule has 4 nitrogen and oxygen atoms in total. The monoisotopic (exact) mass is 464 g/mol. The molecule has 2 aromatic carbocycles. The Morgan fingerprint density at radius 1 is 1.12 bits per heavy atom. The molecule has 1 saturated heterocycles. The van der Waals surface area contributed by atoms with Gasteiger partial charge in [0, 0.05) is 34.6 Å². The van der Waals surface area contributed by atoms with E-state index in [-0.39, 0.29) is 5.91 Å². The second kappa shape index (κ2) is 9.37. The summed E-state index contributed by atoms with van der Waals surface area (Å²) in [6.45, 7) is 6.26. The highest BCUT2D eigenvalue weighted by Gasteiger charge is 2.20. The first-order valence-corrected chi connectivity index (χ1v) is 10.3. The lowest BCUT2D eigenvalue weighted by atomic mass is 10.1. The van der Waals surface area contributed by atoms with E-state index in [9.17, 15) is 4.79 Å². The highest BCUT2D eigenvalue weighted by molar-refractivity contribution is 14.1. The summed E-state index contributed by atoms with van der Waals surface area (Å²) in [7, 11) is 0. The maximum Gasteiger partial charge on any atom is 0.259 e. The number of unbranched alkanes of at least 4 members (excludes halogenated alkanes) is 1. The fourth-order valence-corrected chi connectivity index (χ4v) is 3.73. The van der Waals surface area contributed by atoms with Crippen LogP contribution in [0.4, 0.5) is 11.4 Å². The van der Waals surface area contributed by atoms with Crippen LogP contribution in [0.25, 0.3) is 0 Å². The Bertz CT molecular complexity index is 727. The number of rotatable bonds is 6. The summed E-state index contributed by atoms with van der Waals surface area (Å²) in [4.78, 5) is 17.4. The SMILES string of the molecule is CCCCN(C(=O)c1ccccc1I)c1ccc(N2CCOCC2)cc1. The first-order valence-electron chi connectivity index (χ1n) is 9.20. The fraction of sp³-hybridized carbons (Fsp3) is 0.381. The van der Waals surface area contributed by atoms with E-state index >= 15 is 0 Å². The van der Waals surface area contributed by atoms with E-state index in [1.54, 1.807) is 0 Å². The van der Waals surface area contributed by atoms with E-state index in [1.165, 1.54) is 5.69 Å². The van der Waals surface area contributed by atoms with Gasteiger partial charge in [-0.05, 0) is 65.4 Å². The molecule has 26 heavy (non-hydrogen) atoms. The number of morpholine rings is 1. The van der Waals surface area contributed by atoms with Crippen molar-refractivity contribution in [1.29, 1.82) is 0 Å². The van der Waals surface area contributed by atoms with Crippen LogP contribution in [0.3, 0.4) is 0 Å². The quantitative estimate of drug-likeness (QED) is 0.588. The van der Waals surface area contributed by atoms with Crippen LogP contribution in [0.1, 0.15) is 30.1 Å². The van der Waals surface area contributed by atoms with E-state index in [4.69, 9.17) is 4.74 Å². The van der Waals surface area contributed by atoms with Gasteiger partial charge in [-0.3, -0.25) is 4.79 Å². The average Bonchev–Trinajstić information content (AvgIpc) is 2.69. The van der Waals surface area contributed by atoms with Crippen molar-refractivity contribution in [2.45, 2.75) is 19.8 Å². The summed E-state index contributed by atoms with van der Waals surface area (Å²) in [6, 6.07) is 16.1. The predicted octanol–water partition coefficient (Wildman–Crippen LogP) is 4.57. The zero-order valence-electron chi connectivity index (χ0n) is 15.2. The van der Waals surface area contributed by atoms with E-state index < -0.39 is 0 Å². The van der Waals surface area contributed by atoms with E-state index in [2.05, 4.69) is 58.7 Å². The average molecular weight is 464 g/mol. The van der Waals surface area contributed by atoms with Gasteiger partial charge in [-0.2, -0.15) is 0 Å². The molecule has 0 saturated carbocycles. The Morgan fingerprint density at radius 3 is 2.46 bits per heavy atom. The molecule has 0 spiro atoms. The van der Waals surface area contributed by atoms with Crippen molar-refractivity contribution in [3.05, 3.63) is 57.7 Å². The summed E-state index contributed by atoms with van der Waals surface area (Å²) in [5, 5.41) is 0. The minimum Gasteiger partial charge on any atom is -0.378 e. The van der Waals surface area contributed by atoms with Crippen molar-refractivity contribution >= 4 is 39.9 Å². The normalized spacial score (nSPS) is 14.3. The molecule has 1 fully saturated rings. The topological polar surface area (TPSA) is 32.8 Å². The van der Waals surface area contributed by atoms with Crippen molar-refractivity contribution < 1.29 is 9.53 Å². The lowest BCUT2D eigenvalue weighted by molar-refractivity contribution is 0.0985. The Labute approximate surface area is 169 Å². The number of halogens is 1. The van der Waals surface area contributed by atoms with Gasteiger partial charge in [0.1, 0.15) is 0 Å². The highest BCUT2D eigenvalue weighted by Crippen LogP contribution is 2.24. The molecule has 1 heterocycles. The Hall–Kier alpha value is -1.60. The van der Waals surface area contributed by atoms with Crippen molar-refractivity contribution in [3.8, 4) is 0 Å². The van der Waals surface area contributed by atoms with Gasteiger partial charge < -0.3 is 14.5 Å². The van der Waals surface area contributed by atoms with E-state index in [1.807, 2.05) is 29.2 Å². The largest absolute Gasteiger partial charge is 0.378 e. The number of carbonyl (C=O) groups is 1. The molecule has 5 heteroatoms. The Kier molecular flexibility index (Phi) is 6.91. The Morgan fingerprint density at radius 2 is 1.81 bits per heavy atom. The van der Waals surface area contributed by atoms with Crippen LogP contribution in [0.5, 0.6) is 0 Å². The van der Waals surface area contributed by atoms with Crippen LogP contribution in [0.15, 0.2) is 48.5 Å². The number of nitrogens with zero attached hydrogens (tertiary/aromatic N) is 2. The smallest absolute Gasteiger partial charge is 0.259 e. The number of carbonyl (C=O) groups excluding carboxylic acids is 1. The van der Waals surface area contributed by atoms with Crippen molar-refractivity contribution in [2.75, 3.05) is 42.6 Å². The minimum absolute atomic E-state index is 0.0718. The van der Waals surface area contributed by atoms with Crippen LogP contribution in [-0.4, -0.2) is 38.8 Å². The van der Waals surface area contributed by atoms with Gasteiger partial charge in [0.25, 0.3) is 5.91 Å². The van der Waals surface area contributed by atoms with Crippen LogP contribution >= 0.6 is 22.6 Å². The van der Waals surface area contributed by atoms with Gasteiger partial charge in [0.15, 0.2) is 0 Å². The van der Waals surface area contributed by atoms with Gasteiger partial charge in [0.05, 0.1) is 18.8 Å². The number of benzene rings is 2. The number of hydrogen-bond acceptors (Lipinski definition) is 3. The first-order chi connectivity index (χ1) is 12.7. The first kappa shape index (κ1) is 19.2. The molecule has 0 radical (unpaired) electrons. The molecule has 2 aromatic rings. The molecule has 0 aromatic heterocycles. The third-order valence-corrected chi connectivity index (χ3v) is 5.56. The fourth-order valence-electron chi connectivity index (χ4n) is 3.11. The second-order valence-electron chi connectivity index (χ2n) is 6.41. The number of amides is 1. The second-order valence-corrected chi connectivity index (χ2v) is 7.57. The third-order valence-electron chi connectivity index (χ3n) is 4.62. The summed E-state index contributed by atoms with van der Waals surface area (Å²) >= 11 is 2.23. The van der Waals surface area contributed by atoms with Crippen LogP contribution in [0, 0.1) is 3.57 Å². The van der Waals surface area contributed by atoms with Gasteiger partial charge in [-0.15, -0.1) is 0 Å². The molecule has 138 valence electrons. The van der Waals surface area contributed by atoms with Gasteiger partial charge >= 0.3 is 0 Å². The summed E-state index contributed by atoms with van der Waals surface area (Å²) in [5.41, 5.74) is 2.91. The number of hydrogen-bond donors (Lipinski definition) is 0. The highest BCUT2D eigenvalue weighted by atomic mass is 127. The third kappa shape index (κ3) is 4.57. The van der Waals surface area contributed by atoms with Crippen molar-refractivity contribution in [2.24, 2.45) is 0 Å². The van der Waals surface area contributed by atoms with Gasteiger partial charge in [-0.25, -0.2) is 0 Å². The predicted molar refractivity (Wildman–Crippen MR) is 115 cm³/mol. The molecule has 0 aliphatic carbocycles. The molecule has 0 unspecified atom stereocenters. The molecule has 0 bridgehead atoms. The zero-order chi connectivity index (χ0) is 18.4. The molecule has 1 aliphatic rings. The Balaban J connectivity index is 1.83. The van der Waals surface area contributed by atoms with Gasteiger partial charge in [-0.1, -0.05) is 25.5 Å². The molecule has 1 aliphatic heterocycles. The van der Waals surface area contributed by atoms with Crippen molar-refractivity contribution in [1.82, 2.24) is 0 Å². The maximum absolute atomic E-state index is 13.2. The molecule has 0 N–H and O–H groups in total. The van der Waals surface area contributed by atoms with Crippen LogP contribution in [0.2, 0.25) is 0 Å². The summed E-state index contributed by atoms with van der Waals surface area (Å²) < 4.78 is 6.41. The summed E-state index contributed by atoms with van der Waals surface area (Å²) in [5.74, 6) is 0.0718. The molecular weight excluding hydrogens is 439 g/mol. The van der Waals surface area contributed by atoms with E-state index in [0.29, 0.717) is 0 Å². The maximum atomic E-state index is 13.2. The summed E-state index contributed by atoms with van der Waals surface area (Å²) in [6.07, 6.45) is 2.04. The van der Waals surface area contributed by atoms with Crippen LogP contribution < -0.4 is 9.80 Å². The zero-order valence-corrected chi connectivity index (χ0v) is 17.3. The molecular formula is C21H25IN2O2. The lowest BCUT2D eigenvalue weighted by Gasteiger charge is -2.29. The molecule has 0 atom stereocenters.